The quantitative estimate of drug-likeness (QED) is 0.604. The molecule has 0 saturated carbocycles. The maximum Gasteiger partial charge on any atom is 0.381 e. The second-order valence-electron chi connectivity index (χ2n) is 3.14. The number of imidazole rings is 1. The molecule has 2 aromatic rings. The molecule has 0 radical (unpaired) electrons. The molecule has 16 heavy (non-hydrogen) atoms. The van der Waals surface area contributed by atoms with Crippen molar-refractivity contribution < 1.29 is 13.2 Å². The fourth-order valence-electron chi connectivity index (χ4n) is 1.23. The van der Waals surface area contributed by atoms with Crippen LogP contribution in [0.25, 0.3) is 11.3 Å². The first-order valence-corrected chi connectivity index (χ1v) is 5.42. The van der Waals surface area contributed by atoms with Crippen LogP contribution in [0.5, 0.6) is 0 Å². The molecule has 2 nitrogen and oxygen atoms in total. The number of nitrogens with zero attached hydrogens (tertiary/aromatic N) is 2. The number of rotatable bonds is 2. The van der Waals surface area contributed by atoms with Gasteiger partial charge in [0.05, 0.1) is 5.69 Å². The summed E-state index contributed by atoms with van der Waals surface area (Å²) >= 11 is 1.01. The molecule has 0 bridgehead atoms. The smallest absolute Gasteiger partial charge is 0.268 e. The Labute approximate surface area is 103 Å². The lowest BCUT2D eigenvalue weighted by Gasteiger charge is -2.07. The molecule has 0 unspecified atom stereocenters. The van der Waals surface area contributed by atoms with E-state index in [1.807, 2.05) is 0 Å². The van der Waals surface area contributed by atoms with Gasteiger partial charge < -0.3 is 0 Å². The van der Waals surface area contributed by atoms with E-state index >= 15 is 0 Å². The first kappa shape index (κ1) is 11.4. The first-order chi connectivity index (χ1) is 7.47. The molecule has 0 amide bonds. The molecule has 84 valence electrons. The SMILES string of the molecule is Fc1ccc(-c2cn(C(F)(F)I)cn2)cc1. The molecule has 0 saturated heterocycles. The lowest BCUT2D eigenvalue weighted by molar-refractivity contribution is 0.0460. The van der Waals surface area contributed by atoms with E-state index in [1.54, 1.807) is 0 Å². The van der Waals surface area contributed by atoms with Gasteiger partial charge in [0.2, 0.25) is 0 Å². The summed E-state index contributed by atoms with van der Waals surface area (Å²) in [6.45, 7) is 0. The average molecular weight is 338 g/mol. The van der Waals surface area contributed by atoms with Crippen LogP contribution in [0, 0.1) is 5.82 Å². The second-order valence-corrected chi connectivity index (χ2v) is 4.44. The van der Waals surface area contributed by atoms with Gasteiger partial charge in [-0.1, -0.05) is 0 Å². The Bertz CT molecular complexity index is 488. The third kappa shape index (κ3) is 2.37. The summed E-state index contributed by atoms with van der Waals surface area (Å²) in [5.41, 5.74) is 0.983. The first-order valence-electron chi connectivity index (χ1n) is 4.34. The minimum Gasteiger partial charge on any atom is -0.268 e. The van der Waals surface area contributed by atoms with Crippen molar-refractivity contribution in [2.24, 2.45) is 0 Å². The summed E-state index contributed by atoms with van der Waals surface area (Å²) < 4.78 is 36.1. The number of hydrogen-bond acceptors (Lipinski definition) is 1. The second kappa shape index (κ2) is 4.08. The molecule has 0 aliphatic carbocycles. The van der Waals surface area contributed by atoms with Crippen LogP contribution in [0.15, 0.2) is 36.8 Å². The molecule has 0 N–H and O–H groups in total. The van der Waals surface area contributed by atoms with Crippen molar-refractivity contribution in [3.8, 4) is 11.3 Å². The van der Waals surface area contributed by atoms with Crippen LogP contribution in [-0.2, 0) is 4.05 Å². The Balaban J connectivity index is 2.35. The van der Waals surface area contributed by atoms with E-state index in [2.05, 4.69) is 4.98 Å². The molecule has 0 spiro atoms. The number of alkyl halides is 3. The van der Waals surface area contributed by atoms with E-state index < -0.39 is 4.05 Å². The summed E-state index contributed by atoms with van der Waals surface area (Å²) in [7, 11) is 0. The number of benzene rings is 1. The monoisotopic (exact) mass is 338 g/mol. The van der Waals surface area contributed by atoms with E-state index in [0.717, 1.165) is 28.9 Å². The molecular formula is C10H6F3IN2. The lowest BCUT2D eigenvalue weighted by atomic mass is 10.2. The minimum absolute atomic E-state index is 0.373. The van der Waals surface area contributed by atoms with Crippen LogP contribution in [0.2, 0.25) is 0 Å². The topological polar surface area (TPSA) is 17.8 Å². The third-order valence-electron chi connectivity index (χ3n) is 2.02. The largest absolute Gasteiger partial charge is 0.381 e. The summed E-state index contributed by atoms with van der Waals surface area (Å²) in [5, 5.41) is 0. The highest BCUT2D eigenvalue weighted by Crippen LogP contribution is 2.30. The van der Waals surface area contributed by atoms with Gasteiger partial charge in [-0.05, 0) is 24.3 Å². The van der Waals surface area contributed by atoms with Gasteiger partial charge in [0.1, 0.15) is 12.1 Å². The van der Waals surface area contributed by atoms with Gasteiger partial charge in [-0.25, -0.2) is 9.37 Å². The maximum atomic E-state index is 12.9. The zero-order chi connectivity index (χ0) is 11.8. The van der Waals surface area contributed by atoms with Crippen LogP contribution in [0.1, 0.15) is 0 Å². The summed E-state index contributed by atoms with van der Waals surface area (Å²) in [4.78, 5) is 3.84. The molecule has 0 atom stereocenters. The van der Waals surface area contributed by atoms with Crippen LogP contribution in [-0.4, -0.2) is 9.55 Å². The van der Waals surface area contributed by atoms with Crippen molar-refractivity contribution in [1.82, 2.24) is 9.55 Å². The van der Waals surface area contributed by atoms with Gasteiger partial charge in [0, 0.05) is 34.4 Å². The Morgan fingerprint density at radius 2 is 1.81 bits per heavy atom. The predicted octanol–water partition coefficient (Wildman–Crippen LogP) is 3.63. The Kier molecular flexibility index (Phi) is 2.92. The highest BCUT2D eigenvalue weighted by atomic mass is 127. The predicted molar refractivity (Wildman–Crippen MR) is 61.8 cm³/mol. The van der Waals surface area contributed by atoms with Crippen molar-refractivity contribution in [2.45, 2.75) is 4.05 Å². The fourth-order valence-corrected chi connectivity index (χ4v) is 1.50. The molecule has 1 aromatic carbocycles. The Morgan fingerprint density at radius 1 is 1.19 bits per heavy atom. The molecular weight excluding hydrogens is 332 g/mol. The number of halogens is 4. The van der Waals surface area contributed by atoms with Crippen LogP contribution in [0.3, 0.4) is 0 Å². The van der Waals surface area contributed by atoms with Gasteiger partial charge >= 0.3 is 4.05 Å². The van der Waals surface area contributed by atoms with E-state index in [4.69, 9.17) is 0 Å². The molecule has 0 aliphatic rings. The molecule has 0 aliphatic heterocycles. The molecule has 6 heteroatoms. The van der Waals surface area contributed by atoms with Crippen LogP contribution < -0.4 is 0 Å². The minimum atomic E-state index is -3.01. The average Bonchev–Trinajstić information content (AvgIpc) is 2.67. The van der Waals surface area contributed by atoms with E-state index in [9.17, 15) is 13.2 Å². The van der Waals surface area contributed by atoms with Crippen molar-refractivity contribution >= 4 is 22.6 Å². The molecule has 1 aromatic heterocycles. The number of aromatic nitrogens is 2. The molecule has 0 fully saturated rings. The highest BCUT2D eigenvalue weighted by Gasteiger charge is 2.26. The summed E-state index contributed by atoms with van der Waals surface area (Å²) in [6.07, 6.45) is 2.27. The van der Waals surface area contributed by atoms with Crippen molar-refractivity contribution in [2.75, 3.05) is 0 Å². The zero-order valence-electron chi connectivity index (χ0n) is 7.87. The summed E-state index contributed by atoms with van der Waals surface area (Å²) in [5.74, 6) is -0.373. The maximum absolute atomic E-state index is 12.9. The Morgan fingerprint density at radius 3 is 2.31 bits per heavy atom. The van der Waals surface area contributed by atoms with Gasteiger partial charge in [-0.15, -0.1) is 0 Å². The third-order valence-corrected chi connectivity index (χ3v) is 2.57. The van der Waals surface area contributed by atoms with Crippen molar-refractivity contribution in [3.63, 3.8) is 0 Å². The van der Waals surface area contributed by atoms with Gasteiger partial charge in [-0.3, -0.25) is 4.57 Å². The van der Waals surface area contributed by atoms with E-state index in [1.165, 1.54) is 30.5 Å². The van der Waals surface area contributed by atoms with Crippen molar-refractivity contribution in [1.29, 1.82) is 0 Å². The Hall–Kier alpha value is -1.05. The highest BCUT2D eigenvalue weighted by molar-refractivity contribution is 14.1. The fraction of sp³-hybridized carbons (Fsp3) is 0.100. The van der Waals surface area contributed by atoms with E-state index in [0.29, 0.717) is 15.8 Å². The van der Waals surface area contributed by atoms with Gasteiger partial charge in [-0.2, -0.15) is 8.78 Å². The van der Waals surface area contributed by atoms with E-state index in [-0.39, 0.29) is 5.82 Å². The standard InChI is InChI=1S/C10H6F3IN2/c11-8-3-1-7(2-4-8)9-5-16(6-15-9)10(12,13)14/h1-6H. The molecule has 1 heterocycles. The lowest BCUT2D eigenvalue weighted by Crippen LogP contribution is -2.11. The zero-order valence-corrected chi connectivity index (χ0v) is 10.0. The normalized spacial score (nSPS) is 11.8. The summed E-state index contributed by atoms with van der Waals surface area (Å²) in [6, 6.07) is 5.51. The van der Waals surface area contributed by atoms with Crippen LogP contribution in [0.4, 0.5) is 13.2 Å². The number of hydrogen-bond donors (Lipinski definition) is 0. The van der Waals surface area contributed by atoms with Gasteiger partial charge in [0.25, 0.3) is 0 Å². The van der Waals surface area contributed by atoms with Crippen LogP contribution >= 0.6 is 22.6 Å². The van der Waals surface area contributed by atoms with Crippen molar-refractivity contribution in [3.05, 3.63) is 42.6 Å². The molecule has 2 rings (SSSR count). The van der Waals surface area contributed by atoms with Gasteiger partial charge in [0.15, 0.2) is 0 Å².